The Bertz CT molecular complexity index is 1000. The number of thiophene rings is 1. The zero-order valence-corrected chi connectivity index (χ0v) is 14.6. The van der Waals surface area contributed by atoms with Crippen molar-refractivity contribution in [1.82, 2.24) is 10.3 Å². The van der Waals surface area contributed by atoms with Crippen LogP contribution in [0.1, 0.15) is 49.4 Å². The fourth-order valence-electron chi connectivity index (χ4n) is 3.20. The second-order valence-corrected chi connectivity index (χ2v) is 7.19. The lowest BCUT2D eigenvalue weighted by Crippen LogP contribution is -2.32. The van der Waals surface area contributed by atoms with Crippen LogP contribution in [0.15, 0.2) is 51.2 Å². The van der Waals surface area contributed by atoms with Crippen LogP contribution in [0.25, 0.3) is 0 Å². The summed E-state index contributed by atoms with van der Waals surface area (Å²) >= 11 is 1.61. The fraction of sp³-hybridized carbons (Fsp3) is 0.211. The third kappa shape index (κ3) is 3.13. The molecule has 0 saturated carbocycles. The molecule has 0 bridgehead atoms. The monoisotopic (exact) mass is 368 g/mol. The lowest BCUT2D eigenvalue weighted by atomic mass is 9.84. The fourth-order valence-corrected chi connectivity index (χ4v) is 4.03. The average Bonchev–Trinajstić information content (AvgIpc) is 3.32. The van der Waals surface area contributed by atoms with Crippen LogP contribution < -0.4 is 10.9 Å². The first-order valence-corrected chi connectivity index (χ1v) is 9.13. The maximum Gasteiger partial charge on any atom is 0.261 e. The first-order valence-electron chi connectivity index (χ1n) is 8.25. The summed E-state index contributed by atoms with van der Waals surface area (Å²) in [6.45, 7) is 0.177. The molecule has 0 saturated heterocycles. The van der Waals surface area contributed by atoms with Crippen molar-refractivity contribution in [3.05, 3.63) is 79.8 Å². The minimum atomic E-state index is -0.529. The largest absolute Gasteiger partial charge is 0.467 e. The number of aromatic amines is 1. The van der Waals surface area contributed by atoms with Crippen molar-refractivity contribution in [2.75, 3.05) is 0 Å². The second kappa shape index (κ2) is 6.76. The van der Waals surface area contributed by atoms with Crippen molar-refractivity contribution in [1.29, 1.82) is 0 Å². The van der Waals surface area contributed by atoms with E-state index in [1.807, 2.05) is 17.5 Å². The Balaban J connectivity index is 1.58. The molecule has 0 unspecified atom stereocenters. The SMILES string of the molecule is O=C1C[C@H](c2cccs2)Cc2[nH]c(=O)c(C(=O)NCc3ccco3)cc21. The molecule has 6 nitrogen and oxygen atoms in total. The molecule has 0 radical (unpaired) electrons. The molecule has 26 heavy (non-hydrogen) atoms. The number of fused-ring (bicyclic) bond motifs is 1. The number of carbonyl (C=O) groups is 2. The number of aromatic nitrogens is 1. The average molecular weight is 368 g/mol. The molecule has 0 aromatic carbocycles. The summed E-state index contributed by atoms with van der Waals surface area (Å²) in [5, 5.41) is 4.61. The van der Waals surface area contributed by atoms with Crippen LogP contribution in [-0.4, -0.2) is 16.7 Å². The van der Waals surface area contributed by atoms with Crippen LogP contribution in [0.3, 0.4) is 0 Å². The predicted octanol–water partition coefficient (Wildman–Crippen LogP) is 2.87. The van der Waals surface area contributed by atoms with Gasteiger partial charge < -0.3 is 14.7 Å². The predicted molar refractivity (Wildman–Crippen MR) is 96.7 cm³/mol. The van der Waals surface area contributed by atoms with Gasteiger partial charge in [-0.15, -0.1) is 11.3 Å². The van der Waals surface area contributed by atoms with Gasteiger partial charge in [-0.3, -0.25) is 14.4 Å². The van der Waals surface area contributed by atoms with E-state index >= 15 is 0 Å². The molecule has 7 heteroatoms. The molecule has 1 amide bonds. The Morgan fingerprint density at radius 3 is 2.88 bits per heavy atom. The number of hydrogen-bond donors (Lipinski definition) is 2. The number of carbonyl (C=O) groups excluding carboxylic acids is 2. The van der Waals surface area contributed by atoms with Crippen LogP contribution in [0.5, 0.6) is 0 Å². The topological polar surface area (TPSA) is 92.2 Å². The molecule has 1 aliphatic carbocycles. The maximum absolute atomic E-state index is 12.6. The van der Waals surface area contributed by atoms with E-state index in [9.17, 15) is 14.4 Å². The number of ketones is 1. The van der Waals surface area contributed by atoms with E-state index in [1.54, 1.807) is 23.5 Å². The highest BCUT2D eigenvalue weighted by molar-refractivity contribution is 7.10. The van der Waals surface area contributed by atoms with Gasteiger partial charge in [0.25, 0.3) is 11.5 Å². The minimum absolute atomic E-state index is 0.0546. The number of nitrogens with one attached hydrogen (secondary N) is 2. The number of rotatable bonds is 4. The molecule has 1 atom stereocenters. The number of hydrogen-bond acceptors (Lipinski definition) is 5. The maximum atomic E-state index is 12.6. The highest BCUT2D eigenvalue weighted by atomic mass is 32.1. The summed E-state index contributed by atoms with van der Waals surface area (Å²) in [6.07, 6.45) is 2.48. The number of pyridine rings is 1. The molecule has 1 aliphatic rings. The van der Waals surface area contributed by atoms with E-state index in [1.165, 1.54) is 12.3 Å². The van der Waals surface area contributed by atoms with E-state index in [0.29, 0.717) is 29.9 Å². The van der Waals surface area contributed by atoms with Gasteiger partial charge in [0.15, 0.2) is 5.78 Å². The van der Waals surface area contributed by atoms with E-state index < -0.39 is 11.5 Å². The third-order valence-corrected chi connectivity index (χ3v) is 5.53. The third-order valence-electron chi connectivity index (χ3n) is 4.50. The highest BCUT2D eigenvalue weighted by Crippen LogP contribution is 2.33. The van der Waals surface area contributed by atoms with Gasteiger partial charge in [0.1, 0.15) is 11.3 Å². The molecule has 3 heterocycles. The van der Waals surface area contributed by atoms with E-state index in [-0.39, 0.29) is 23.8 Å². The number of Topliss-reactive ketones (excluding diaryl/α,β-unsaturated/α-hetero) is 1. The first-order chi connectivity index (χ1) is 12.6. The Hall–Kier alpha value is -2.93. The lowest BCUT2D eigenvalue weighted by Gasteiger charge is -2.22. The number of furan rings is 1. The normalized spacial score (nSPS) is 16.3. The number of H-pyrrole nitrogens is 1. The highest BCUT2D eigenvalue weighted by Gasteiger charge is 2.29. The van der Waals surface area contributed by atoms with Crippen molar-refractivity contribution in [3.8, 4) is 0 Å². The summed E-state index contributed by atoms with van der Waals surface area (Å²) in [5.41, 5.74) is 0.492. The van der Waals surface area contributed by atoms with Gasteiger partial charge in [-0.25, -0.2) is 0 Å². The minimum Gasteiger partial charge on any atom is -0.467 e. The second-order valence-electron chi connectivity index (χ2n) is 6.21. The Morgan fingerprint density at radius 2 is 2.15 bits per heavy atom. The van der Waals surface area contributed by atoms with E-state index in [4.69, 9.17) is 4.42 Å². The van der Waals surface area contributed by atoms with Crippen LogP contribution >= 0.6 is 11.3 Å². The molecule has 0 spiro atoms. The van der Waals surface area contributed by atoms with Crippen molar-refractivity contribution in [3.63, 3.8) is 0 Å². The van der Waals surface area contributed by atoms with Crippen molar-refractivity contribution in [2.45, 2.75) is 25.3 Å². The quantitative estimate of drug-likeness (QED) is 0.741. The lowest BCUT2D eigenvalue weighted by molar-refractivity contribution is 0.0946. The Labute approximate surface area is 152 Å². The van der Waals surface area contributed by atoms with E-state index in [2.05, 4.69) is 10.3 Å². The van der Waals surface area contributed by atoms with Gasteiger partial charge in [-0.1, -0.05) is 6.07 Å². The summed E-state index contributed by atoms with van der Waals surface area (Å²) in [6, 6.07) is 8.82. The molecule has 2 N–H and O–H groups in total. The standard InChI is InChI=1S/C19H16N2O4S/c22-16-8-11(17-4-2-6-26-17)7-15-13(16)9-14(19(24)21-15)18(23)20-10-12-3-1-5-25-12/h1-6,9,11H,7-8,10H2,(H,20,23)(H,21,24)/t11-/m1/s1. The molecular weight excluding hydrogens is 352 g/mol. The van der Waals surface area contributed by atoms with Crippen molar-refractivity contribution >= 4 is 23.0 Å². The van der Waals surface area contributed by atoms with Crippen LogP contribution in [0, 0.1) is 0 Å². The molecule has 3 aromatic heterocycles. The van der Waals surface area contributed by atoms with Gasteiger partial charge in [-0.05, 0) is 36.1 Å². The zero-order valence-electron chi connectivity index (χ0n) is 13.8. The van der Waals surface area contributed by atoms with Gasteiger partial charge in [-0.2, -0.15) is 0 Å². The van der Waals surface area contributed by atoms with Gasteiger partial charge in [0.05, 0.1) is 12.8 Å². The van der Waals surface area contributed by atoms with Crippen LogP contribution in [0.2, 0.25) is 0 Å². The summed E-state index contributed by atoms with van der Waals surface area (Å²) in [7, 11) is 0. The van der Waals surface area contributed by atoms with Crippen molar-refractivity contribution in [2.24, 2.45) is 0 Å². The van der Waals surface area contributed by atoms with Crippen molar-refractivity contribution < 1.29 is 14.0 Å². The Morgan fingerprint density at radius 1 is 1.27 bits per heavy atom. The number of amides is 1. The molecule has 4 rings (SSSR count). The van der Waals surface area contributed by atoms with Gasteiger partial charge in [0.2, 0.25) is 0 Å². The van der Waals surface area contributed by atoms with Gasteiger partial charge in [0, 0.05) is 28.5 Å². The molecule has 0 aliphatic heterocycles. The molecule has 132 valence electrons. The van der Waals surface area contributed by atoms with Gasteiger partial charge >= 0.3 is 0 Å². The smallest absolute Gasteiger partial charge is 0.261 e. The summed E-state index contributed by atoms with van der Waals surface area (Å²) in [5.74, 6) is 0.0755. The molecular formula is C19H16N2O4S. The molecule has 3 aromatic rings. The summed E-state index contributed by atoms with van der Waals surface area (Å²) < 4.78 is 5.15. The Kier molecular flexibility index (Phi) is 4.30. The van der Waals surface area contributed by atoms with Crippen LogP contribution in [0.4, 0.5) is 0 Å². The van der Waals surface area contributed by atoms with Crippen LogP contribution in [-0.2, 0) is 13.0 Å². The summed E-state index contributed by atoms with van der Waals surface area (Å²) in [4.78, 5) is 41.1. The molecule has 0 fully saturated rings. The first kappa shape index (κ1) is 16.5. The zero-order chi connectivity index (χ0) is 18.1. The van der Waals surface area contributed by atoms with E-state index in [0.717, 1.165) is 4.88 Å².